The highest BCUT2D eigenvalue weighted by molar-refractivity contribution is 5.79. The van der Waals surface area contributed by atoms with Crippen LogP contribution >= 0.6 is 0 Å². The first-order chi connectivity index (χ1) is 14.3. The molecule has 3 rings (SSSR count). The molecule has 29 heavy (non-hydrogen) atoms. The number of ether oxygens (including phenoxy) is 2. The molecule has 0 saturated carbocycles. The summed E-state index contributed by atoms with van der Waals surface area (Å²) in [5.74, 6) is 2.05. The first-order valence-electron chi connectivity index (χ1n) is 10.2. The van der Waals surface area contributed by atoms with Crippen LogP contribution in [-0.2, 0) is 11.3 Å². The van der Waals surface area contributed by atoms with Crippen LogP contribution in [0.4, 0.5) is 0 Å². The summed E-state index contributed by atoms with van der Waals surface area (Å²) < 4.78 is 11.8. The first kappa shape index (κ1) is 20.9. The average molecular weight is 394 g/mol. The minimum atomic E-state index is 0.128. The Morgan fingerprint density at radius 1 is 1.17 bits per heavy atom. The van der Waals surface area contributed by atoms with E-state index in [1.54, 1.807) is 13.1 Å². The maximum atomic E-state index is 6.10. The van der Waals surface area contributed by atoms with Gasteiger partial charge in [0.15, 0.2) is 5.96 Å². The highest BCUT2D eigenvalue weighted by Gasteiger charge is 2.27. The van der Waals surface area contributed by atoms with Crippen LogP contribution in [0.25, 0.3) is 0 Å². The molecule has 1 fully saturated rings. The lowest BCUT2D eigenvalue weighted by molar-refractivity contribution is -0.0265. The topological polar surface area (TPSA) is 54.9 Å². The highest BCUT2D eigenvalue weighted by Crippen LogP contribution is 2.33. The maximum Gasteiger partial charge on any atom is 0.191 e. The van der Waals surface area contributed by atoms with Gasteiger partial charge in [-0.05, 0) is 24.5 Å². The van der Waals surface area contributed by atoms with Crippen molar-refractivity contribution in [1.29, 1.82) is 0 Å². The summed E-state index contributed by atoms with van der Waals surface area (Å²) in [5.41, 5.74) is 2.33. The second kappa shape index (κ2) is 11.3. The Labute approximate surface area is 173 Å². The van der Waals surface area contributed by atoms with Crippen molar-refractivity contribution >= 4 is 5.96 Å². The smallest absolute Gasteiger partial charge is 0.191 e. The Kier molecular flexibility index (Phi) is 8.13. The lowest BCUT2D eigenvalue weighted by Crippen LogP contribution is -2.41. The minimum Gasteiger partial charge on any atom is -0.489 e. The van der Waals surface area contributed by atoms with Gasteiger partial charge in [-0.3, -0.25) is 4.99 Å². The number of hydrogen-bond acceptors (Lipinski definition) is 3. The Hall–Kier alpha value is -2.79. The third kappa shape index (κ3) is 6.09. The number of nitrogens with zero attached hydrogens (tertiary/aromatic N) is 1. The third-order valence-corrected chi connectivity index (χ3v) is 5.10. The number of guanidine groups is 1. The van der Waals surface area contributed by atoms with Gasteiger partial charge in [-0.25, -0.2) is 0 Å². The summed E-state index contributed by atoms with van der Waals surface area (Å²) in [5, 5.41) is 6.86. The van der Waals surface area contributed by atoms with Crippen LogP contribution in [0.2, 0.25) is 0 Å². The molecule has 0 amide bonds. The third-order valence-electron chi connectivity index (χ3n) is 5.10. The van der Waals surface area contributed by atoms with Gasteiger partial charge in [0.25, 0.3) is 0 Å². The van der Waals surface area contributed by atoms with Gasteiger partial charge in [0.05, 0.1) is 6.10 Å². The lowest BCUT2D eigenvalue weighted by Gasteiger charge is -2.32. The molecule has 1 heterocycles. The van der Waals surface area contributed by atoms with Gasteiger partial charge >= 0.3 is 0 Å². The van der Waals surface area contributed by atoms with Crippen molar-refractivity contribution in [2.75, 3.05) is 26.8 Å². The molecule has 154 valence electrons. The Bertz CT molecular complexity index is 792. The van der Waals surface area contributed by atoms with Gasteiger partial charge in [0.1, 0.15) is 12.4 Å². The van der Waals surface area contributed by atoms with E-state index >= 15 is 0 Å². The van der Waals surface area contributed by atoms with Crippen LogP contribution in [0.1, 0.15) is 30.1 Å². The molecule has 2 aromatic carbocycles. The molecule has 5 nitrogen and oxygen atoms in total. The van der Waals surface area contributed by atoms with E-state index in [0.29, 0.717) is 19.1 Å². The number of benzene rings is 2. The number of para-hydroxylation sites is 1. The second-order valence-electron chi connectivity index (χ2n) is 7.12. The van der Waals surface area contributed by atoms with Crippen molar-refractivity contribution in [2.45, 2.75) is 25.5 Å². The van der Waals surface area contributed by atoms with E-state index in [1.807, 2.05) is 24.3 Å². The Morgan fingerprint density at radius 2 is 1.97 bits per heavy atom. The van der Waals surface area contributed by atoms with Crippen molar-refractivity contribution in [3.05, 3.63) is 78.4 Å². The van der Waals surface area contributed by atoms with Crippen molar-refractivity contribution in [3.8, 4) is 5.75 Å². The van der Waals surface area contributed by atoms with Crippen LogP contribution in [0.15, 0.2) is 72.2 Å². The average Bonchev–Trinajstić information content (AvgIpc) is 2.79. The number of rotatable bonds is 8. The summed E-state index contributed by atoms with van der Waals surface area (Å²) in [6.07, 6.45) is 4.11. The molecule has 0 spiro atoms. The molecule has 1 saturated heterocycles. The van der Waals surface area contributed by atoms with Gasteiger partial charge in [-0.2, -0.15) is 0 Å². The predicted molar refractivity (Wildman–Crippen MR) is 118 cm³/mol. The van der Waals surface area contributed by atoms with E-state index in [0.717, 1.165) is 43.3 Å². The molecule has 0 aromatic heterocycles. The SMILES string of the molecule is C=CCOc1ccccc1CNC(=NC)NCC1CCCOC1c1ccccc1. The molecule has 5 heteroatoms. The normalized spacial score (nSPS) is 19.4. The van der Waals surface area contributed by atoms with Crippen molar-refractivity contribution in [2.24, 2.45) is 10.9 Å². The maximum absolute atomic E-state index is 6.10. The van der Waals surface area contributed by atoms with Crippen LogP contribution < -0.4 is 15.4 Å². The van der Waals surface area contributed by atoms with Gasteiger partial charge in [0.2, 0.25) is 0 Å². The first-order valence-corrected chi connectivity index (χ1v) is 10.2. The Balaban J connectivity index is 1.56. The summed E-state index contributed by atoms with van der Waals surface area (Å²) in [7, 11) is 1.79. The molecular formula is C24H31N3O2. The summed E-state index contributed by atoms with van der Waals surface area (Å²) in [4.78, 5) is 4.37. The van der Waals surface area contributed by atoms with E-state index in [4.69, 9.17) is 9.47 Å². The molecular weight excluding hydrogens is 362 g/mol. The van der Waals surface area contributed by atoms with E-state index < -0.39 is 0 Å². The lowest BCUT2D eigenvalue weighted by atomic mass is 9.89. The largest absolute Gasteiger partial charge is 0.489 e. The second-order valence-corrected chi connectivity index (χ2v) is 7.12. The van der Waals surface area contributed by atoms with Crippen LogP contribution in [0.3, 0.4) is 0 Å². The van der Waals surface area contributed by atoms with Crippen molar-refractivity contribution in [1.82, 2.24) is 10.6 Å². The molecule has 2 unspecified atom stereocenters. The summed E-state index contributed by atoms with van der Waals surface area (Å²) in [6.45, 7) is 6.47. The minimum absolute atomic E-state index is 0.128. The van der Waals surface area contributed by atoms with E-state index in [2.05, 4.69) is 52.5 Å². The van der Waals surface area contributed by atoms with E-state index in [1.165, 1.54) is 5.56 Å². The summed E-state index contributed by atoms with van der Waals surface area (Å²) >= 11 is 0. The number of hydrogen-bond donors (Lipinski definition) is 2. The van der Waals surface area contributed by atoms with Crippen LogP contribution in [0, 0.1) is 5.92 Å². The fourth-order valence-electron chi connectivity index (χ4n) is 3.63. The molecule has 1 aliphatic heterocycles. The van der Waals surface area contributed by atoms with Gasteiger partial charge in [0, 0.05) is 38.2 Å². The van der Waals surface area contributed by atoms with Crippen LogP contribution in [0.5, 0.6) is 5.75 Å². The zero-order valence-corrected chi connectivity index (χ0v) is 17.1. The molecule has 1 aliphatic rings. The fraction of sp³-hybridized carbons (Fsp3) is 0.375. The molecule has 2 aromatic rings. The zero-order valence-electron chi connectivity index (χ0n) is 17.1. The molecule has 0 radical (unpaired) electrons. The number of nitrogens with one attached hydrogen (secondary N) is 2. The molecule has 2 atom stereocenters. The van der Waals surface area contributed by atoms with Gasteiger partial charge < -0.3 is 20.1 Å². The Morgan fingerprint density at radius 3 is 2.76 bits per heavy atom. The molecule has 0 bridgehead atoms. The zero-order chi connectivity index (χ0) is 20.3. The monoisotopic (exact) mass is 393 g/mol. The fourth-order valence-corrected chi connectivity index (χ4v) is 3.63. The predicted octanol–water partition coefficient (Wildman–Crippen LogP) is 4.08. The van der Waals surface area contributed by atoms with Gasteiger partial charge in [-0.1, -0.05) is 61.2 Å². The van der Waals surface area contributed by atoms with E-state index in [-0.39, 0.29) is 6.10 Å². The number of aliphatic imine (C=N–C) groups is 1. The molecule has 0 aliphatic carbocycles. The summed E-state index contributed by atoms with van der Waals surface area (Å²) in [6, 6.07) is 18.5. The highest BCUT2D eigenvalue weighted by atomic mass is 16.5. The standard InChI is InChI=1S/C24H31N3O2/c1-3-15-28-22-14-8-7-12-20(22)17-26-24(25-2)27-18-21-13-9-16-29-23(21)19-10-5-4-6-11-19/h3-8,10-12,14,21,23H,1,9,13,15-18H2,2H3,(H2,25,26,27). The quantitative estimate of drug-likeness (QED) is 0.403. The van der Waals surface area contributed by atoms with Gasteiger partial charge in [-0.15, -0.1) is 0 Å². The van der Waals surface area contributed by atoms with Crippen molar-refractivity contribution in [3.63, 3.8) is 0 Å². The van der Waals surface area contributed by atoms with Crippen molar-refractivity contribution < 1.29 is 9.47 Å². The molecule has 2 N–H and O–H groups in total. The van der Waals surface area contributed by atoms with Crippen LogP contribution in [-0.4, -0.2) is 32.8 Å². The van der Waals surface area contributed by atoms with E-state index in [9.17, 15) is 0 Å².